The number of benzene rings is 1. The standard InChI is InChI=1S/C41H55Cl2F4N7O7/c1-22(2)17-28-37(59)52(5)32(19-24-18-25(42)11-12-27(24)43)38(60)53-16-8-10-30(53)33(55)48-15-7-6-9-29(34(56)50-28)51(4)36(58)23(3)49-35(57)31-20-26(44)21-54(31)39(61)40(13-14-40)41(45,46)47/h11-12,18,22-23,26,28-32H,6-10,13-17,19-21H2,1-5H3,(H,48,55)(H,49,57)(H,50,56)/t23-,26+,28-,29-,30+,31-,32-/m0/s1. The first-order chi connectivity index (χ1) is 28.6. The minimum absolute atomic E-state index is 0.0565. The topological polar surface area (TPSA) is 169 Å². The Hall–Kier alpha value is -4.19. The van der Waals surface area contributed by atoms with E-state index in [4.69, 9.17) is 23.2 Å². The van der Waals surface area contributed by atoms with Gasteiger partial charge in [-0.15, -0.1) is 0 Å². The molecule has 3 aliphatic heterocycles. The largest absolute Gasteiger partial charge is 0.403 e. The monoisotopic (exact) mass is 903 g/mol. The Morgan fingerprint density at radius 2 is 1.69 bits per heavy atom. The molecule has 4 fully saturated rings. The number of nitrogens with one attached hydrogen (secondary N) is 3. The summed E-state index contributed by atoms with van der Waals surface area (Å²) in [6, 6.07) is -2.57. The number of amides is 7. The second-order valence-electron chi connectivity index (χ2n) is 17.2. The van der Waals surface area contributed by atoms with Crippen LogP contribution >= 0.6 is 23.2 Å². The van der Waals surface area contributed by atoms with Crippen LogP contribution in [-0.4, -0.2) is 143 Å². The summed E-state index contributed by atoms with van der Waals surface area (Å²) in [6.07, 6.45) is -6.34. The van der Waals surface area contributed by atoms with E-state index in [2.05, 4.69) is 16.0 Å². The van der Waals surface area contributed by atoms with Crippen molar-refractivity contribution in [2.45, 2.75) is 134 Å². The van der Waals surface area contributed by atoms with E-state index in [0.29, 0.717) is 46.2 Å². The molecule has 0 unspecified atom stereocenters. The first-order valence-corrected chi connectivity index (χ1v) is 21.5. The molecule has 4 aliphatic rings. The molecule has 338 valence electrons. The number of hydrogen-bond donors (Lipinski definition) is 3. The highest BCUT2D eigenvalue weighted by atomic mass is 35.5. The SMILES string of the molecule is CC(C)C[C@@H]1NC(=O)[C@@H](N(C)C(=O)[C@H](C)NC(=O)[C@@H]2C[C@@H](F)CN2C(=O)C2(C(F)(F)F)CC2)CCCCNC(=O)[C@H]2CCCN2C(=O)[C@H](Cc2cc(Cl)ccc2Cl)N(C)C1=O. The molecule has 1 saturated carbocycles. The fraction of sp³-hybridized carbons (Fsp3) is 0.683. The predicted octanol–water partition coefficient (Wildman–Crippen LogP) is 3.80. The zero-order valence-corrected chi connectivity index (χ0v) is 36.5. The average Bonchev–Trinajstić information content (AvgIpc) is 3.72. The van der Waals surface area contributed by atoms with Crippen LogP contribution in [0.4, 0.5) is 17.6 Å². The highest BCUT2D eigenvalue weighted by Crippen LogP contribution is 2.59. The number of carbonyl (C=O) groups is 7. The van der Waals surface area contributed by atoms with Crippen LogP contribution < -0.4 is 16.0 Å². The Kier molecular flexibility index (Phi) is 15.3. The van der Waals surface area contributed by atoms with Crippen LogP contribution in [0.2, 0.25) is 10.0 Å². The number of likely N-dealkylation sites (N-methyl/N-ethyl adjacent to an activating group) is 2. The predicted molar refractivity (Wildman–Crippen MR) is 217 cm³/mol. The molecular formula is C41H55Cl2F4N7O7. The van der Waals surface area contributed by atoms with Crippen LogP contribution in [0.3, 0.4) is 0 Å². The van der Waals surface area contributed by atoms with Crippen molar-refractivity contribution in [1.29, 1.82) is 0 Å². The molecule has 3 saturated heterocycles. The van der Waals surface area contributed by atoms with Crippen LogP contribution in [0.15, 0.2) is 18.2 Å². The van der Waals surface area contributed by atoms with Crippen LogP contribution in [0.5, 0.6) is 0 Å². The third kappa shape index (κ3) is 10.7. The number of likely N-dealkylation sites (tertiary alicyclic amines) is 1. The van der Waals surface area contributed by atoms with Crippen LogP contribution in [-0.2, 0) is 40.0 Å². The van der Waals surface area contributed by atoms with Crippen molar-refractivity contribution < 1.29 is 51.1 Å². The number of carbonyl (C=O) groups excluding carboxylic acids is 7. The molecule has 5 rings (SSSR count). The second-order valence-corrected chi connectivity index (χ2v) is 18.0. The lowest BCUT2D eigenvalue weighted by molar-refractivity contribution is -0.199. The minimum atomic E-state index is -4.88. The fourth-order valence-corrected chi connectivity index (χ4v) is 8.94. The number of halogens is 6. The third-order valence-electron chi connectivity index (χ3n) is 12.2. The van der Waals surface area contributed by atoms with Crippen molar-refractivity contribution in [2.75, 3.05) is 33.7 Å². The van der Waals surface area contributed by atoms with Gasteiger partial charge in [0, 0.05) is 50.1 Å². The van der Waals surface area contributed by atoms with E-state index in [-0.39, 0.29) is 44.2 Å². The molecule has 1 aromatic carbocycles. The Morgan fingerprint density at radius 3 is 2.33 bits per heavy atom. The molecule has 7 amide bonds. The van der Waals surface area contributed by atoms with Gasteiger partial charge in [0.2, 0.25) is 41.4 Å². The van der Waals surface area contributed by atoms with E-state index in [1.165, 1.54) is 30.8 Å². The van der Waals surface area contributed by atoms with Gasteiger partial charge in [-0.3, -0.25) is 33.6 Å². The average molecular weight is 905 g/mol. The zero-order valence-electron chi connectivity index (χ0n) is 35.0. The summed E-state index contributed by atoms with van der Waals surface area (Å²) in [7, 11) is 2.76. The Morgan fingerprint density at radius 1 is 1.00 bits per heavy atom. The minimum Gasteiger partial charge on any atom is -0.354 e. The van der Waals surface area contributed by atoms with E-state index in [0.717, 1.165) is 4.90 Å². The van der Waals surface area contributed by atoms with Crippen molar-refractivity contribution in [1.82, 2.24) is 35.6 Å². The normalized spacial score (nSPS) is 27.0. The molecule has 1 aromatic rings. The number of fused-ring (bicyclic) bond motifs is 1. The van der Waals surface area contributed by atoms with Gasteiger partial charge in [0.1, 0.15) is 47.8 Å². The molecule has 7 atom stereocenters. The van der Waals surface area contributed by atoms with E-state index in [1.807, 2.05) is 13.8 Å². The van der Waals surface area contributed by atoms with Gasteiger partial charge < -0.3 is 35.6 Å². The van der Waals surface area contributed by atoms with Gasteiger partial charge in [0.15, 0.2) is 0 Å². The molecule has 3 N–H and O–H groups in total. The number of nitrogens with zero attached hydrogens (tertiary/aromatic N) is 4. The molecule has 0 aromatic heterocycles. The van der Waals surface area contributed by atoms with Crippen molar-refractivity contribution in [2.24, 2.45) is 11.3 Å². The van der Waals surface area contributed by atoms with Crippen molar-refractivity contribution in [3.63, 3.8) is 0 Å². The summed E-state index contributed by atoms with van der Waals surface area (Å²) in [5, 5.41) is 8.76. The Labute approximate surface area is 362 Å². The highest BCUT2D eigenvalue weighted by Gasteiger charge is 2.70. The molecule has 1 aliphatic carbocycles. The van der Waals surface area contributed by atoms with E-state index in [9.17, 15) is 51.1 Å². The van der Waals surface area contributed by atoms with Crippen molar-refractivity contribution >= 4 is 64.6 Å². The van der Waals surface area contributed by atoms with Gasteiger partial charge in [-0.2, -0.15) is 13.2 Å². The second kappa shape index (κ2) is 19.5. The van der Waals surface area contributed by atoms with Gasteiger partial charge >= 0.3 is 6.18 Å². The quantitative estimate of drug-likeness (QED) is 0.317. The molecule has 3 heterocycles. The number of rotatable bonds is 9. The van der Waals surface area contributed by atoms with Gasteiger partial charge in [-0.05, 0) is 88.0 Å². The zero-order chi connectivity index (χ0) is 45.1. The van der Waals surface area contributed by atoms with Gasteiger partial charge in [0.05, 0.1) is 6.54 Å². The molecule has 0 spiro atoms. The summed E-state index contributed by atoms with van der Waals surface area (Å²) in [5.74, 6) is -5.50. The van der Waals surface area contributed by atoms with Gasteiger partial charge in [-0.25, -0.2) is 4.39 Å². The first kappa shape index (κ1) is 47.9. The highest BCUT2D eigenvalue weighted by molar-refractivity contribution is 6.33. The maximum absolute atomic E-state index is 14.6. The molecular weight excluding hydrogens is 849 g/mol. The van der Waals surface area contributed by atoms with Gasteiger partial charge in [-0.1, -0.05) is 37.0 Å². The third-order valence-corrected chi connectivity index (χ3v) is 12.9. The maximum Gasteiger partial charge on any atom is 0.403 e. The number of alkyl halides is 4. The van der Waals surface area contributed by atoms with E-state index < -0.39 is 115 Å². The first-order valence-electron chi connectivity index (χ1n) is 20.8. The number of hydrogen-bond acceptors (Lipinski definition) is 7. The van der Waals surface area contributed by atoms with Crippen LogP contribution in [0, 0.1) is 11.3 Å². The summed E-state index contributed by atoms with van der Waals surface area (Å²) < 4.78 is 56.0. The lowest BCUT2D eigenvalue weighted by Gasteiger charge is -2.36. The van der Waals surface area contributed by atoms with Crippen molar-refractivity contribution in [3.05, 3.63) is 33.8 Å². The molecule has 61 heavy (non-hydrogen) atoms. The molecule has 14 nitrogen and oxygen atoms in total. The van der Waals surface area contributed by atoms with Crippen molar-refractivity contribution in [3.8, 4) is 0 Å². The lowest BCUT2D eigenvalue weighted by atomic mass is 9.98. The lowest BCUT2D eigenvalue weighted by Crippen LogP contribution is -2.60. The smallest absolute Gasteiger partial charge is 0.354 e. The Bertz CT molecular complexity index is 1870. The Balaban J connectivity index is 1.39. The fourth-order valence-electron chi connectivity index (χ4n) is 8.55. The summed E-state index contributed by atoms with van der Waals surface area (Å²) in [4.78, 5) is 102. The molecule has 0 bridgehead atoms. The van der Waals surface area contributed by atoms with Crippen LogP contribution in [0.25, 0.3) is 0 Å². The van der Waals surface area contributed by atoms with E-state index in [1.54, 1.807) is 18.2 Å². The maximum atomic E-state index is 14.6. The molecule has 0 radical (unpaired) electrons. The summed E-state index contributed by atoms with van der Waals surface area (Å²) in [6.45, 7) is 4.76. The summed E-state index contributed by atoms with van der Waals surface area (Å²) >= 11 is 12.8. The van der Waals surface area contributed by atoms with Crippen LogP contribution in [0.1, 0.15) is 84.1 Å². The van der Waals surface area contributed by atoms with E-state index >= 15 is 0 Å². The molecule has 20 heteroatoms. The van der Waals surface area contributed by atoms with Gasteiger partial charge in [0.25, 0.3) is 0 Å². The summed E-state index contributed by atoms with van der Waals surface area (Å²) in [5.41, 5.74) is -2.18.